The zero-order valence-corrected chi connectivity index (χ0v) is 15.3. The third kappa shape index (κ3) is 2.97. The maximum Gasteiger partial charge on any atom is 0.244 e. The van der Waals surface area contributed by atoms with Crippen molar-refractivity contribution in [2.45, 2.75) is 37.2 Å². The van der Waals surface area contributed by atoms with Gasteiger partial charge >= 0.3 is 0 Å². The molecule has 0 spiro atoms. The van der Waals surface area contributed by atoms with E-state index in [-0.39, 0.29) is 18.0 Å². The molecule has 20 heavy (non-hydrogen) atoms. The van der Waals surface area contributed by atoms with Gasteiger partial charge in [-0.15, -0.1) is 0 Å². The summed E-state index contributed by atoms with van der Waals surface area (Å²) in [6, 6.07) is 3.38. The second-order valence-electron chi connectivity index (χ2n) is 5.28. The molecule has 0 unspecified atom stereocenters. The number of hydrogen-bond acceptors (Lipinski definition) is 3. The van der Waals surface area contributed by atoms with Crippen LogP contribution in [0.25, 0.3) is 0 Å². The van der Waals surface area contributed by atoms with Crippen LogP contribution < -0.4 is 0 Å². The summed E-state index contributed by atoms with van der Waals surface area (Å²) in [5.41, 5.74) is 0.0953. The number of benzene rings is 1. The fraction of sp³-hybridized carbons (Fsp3) is 0.538. The Labute approximate surface area is 136 Å². The SMILES string of the molecule is CCCC1(O)CN(S(=O)(=O)c2cc(Br)c(C)cc2Br)C1. The molecule has 1 aliphatic heterocycles. The first-order valence-corrected chi connectivity index (χ1v) is 9.40. The van der Waals surface area contributed by atoms with Gasteiger partial charge in [0, 0.05) is 22.0 Å². The van der Waals surface area contributed by atoms with E-state index in [0.717, 1.165) is 16.5 Å². The normalized spacial score (nSPS) is 18.9. The number of aliphatic hydroxyl groups is 1. The molecule has 1 aromatic carbocycles. The van der Waals surface area contributed by atoms with E-state index in [0.29, 0.717) is 10.9 Å². The maximum absolute atomic E-state index is 12.6. The molecule has 0 radical (unpaired) electrons. The van der Waals surface area contributed by atoms with Gasteiger partial charge in [-0.1, -0.05) is 29.3 Å². The molecule has 0 amide bonds. The molecule has 0 aromatic heterocycles. The fourth-order valence-electron chi connectivity index (χ4n) is 2.37. The molecule has 7 heteroatoms. The third-order valence-electron chi connectivity index (χ3n) is 3.49. The van der Waals surface area contributed by atoms with E-state index >= 15 is 0 Å². The molecule has 1 heterocycles. The van der Waals surface area contributed by atoms with Crippen molar-refractivity contribution < 1.29 is 13.5 Å². The van der Waals surface area contributed by atoms with Gasteiger partial charge in [-0.2, -0.15) is 4.31 Å². The van der Waals surface area contributed by atoms with Gasteiger partial charge < -0.3 is 5.11 Å². The lowest BCUT2D eigenvalue weighted by Crippen LogP contribution is -2.63. The number of hydrogen-bond donors (Lipinski definition) is 1. The van der Waals surface area contributed by atoms with E-state index in [1.165, 1.54) is 4.31 Å². The minimum absolute atomic E-state index is 0.168. The molecule has 1 aliphatic rings. The highest BCUT2D eigenvalue weighted by Gasteiger charge is 2.46. The van der Waals surface area contributed by atoms with Crippen molar-refractivity contribution in [3.63, 3.8) is 0 Å². The van der Waals surface area contributed by atoms with Crippen molar-refractivity contribution in [1.29, 1.82) is 0 Å². The van der Waals surface area contributed by atoms with Crippen LogP contribution in [0.2, 0.25) is 0 Å². The first kappa shape index (κ1) is 16.4. The van der Waals surface area contributed by atoms with Gasteiger partial charge in [0.05, 0.1) is 10.5 Å². The number of aryl methyl sites for hydroxylation is 1. The highest BCUT2D eigenvalue weighted by molar-refractivity contribution is 9.11. The molecule has 1 N–H and O–H groups in total. The predicted molar refractivity (Wildman–Crippen MR) is 85.2 cm³/mol. The van der Waals surface area contributed by atoms with Crippen LogP contribution in [-0.4, -0.2) is 36.5 Å². The average molecular weight is 427 g/mol. The van der Waals surface area contributed by atoms with E-state index in [1.807, 2.05) is 13.8 Å². The minimum atomic E-state index is -3.57. The summed E-state index contributed by atoms with van der Waals surface area (Å²) in [6.45, 7) is 4.21. The van der Waals surface area contributed by atoms with Gasteiger partial charge in [0.25, 0.3) is 0 Å². The van der Waals surface area contributed by atoms with Crippen LogP contribution in [0.1, 0.15) is 25.3 Å². The lowest BCUT2D eigenvalue weighted by atomic mass is 9.92. The summed E-state index contributed by atoms with van der Waals surface area (Å²) in [4.78, 5) is 0.230. The highest BCUT2D eigenvalue weighted by Crippen LogP contribution is 2.35. The highest BCUT2D eigenvalue weighted by atomic mass is 79.9. The van der Waals surface area contributed by atoms with E-state index in [4.69, 9.17) is 0 Å². The summed E-state index contributed by atoms with van der Waals surface area (Å²) >= 11 is 6.66. The molecule has 2 rings (SSSR count). The van der Waals surface area contributed by atoms with Crippen LogP contribution >= 0.6 is 31.9 Å². The van der Waals surface area contributed by atoms with Crippen LogP contribution in [0.5, 0.6) is 0 Å². The van der Waals surface area contributed by atoms with Crippen LogP contribution in [-0.2, 0) is 10.0 Å². The molecular weight excluding hydrogens is 410 g/mol. The molecule has 0 saturated carbocycles. The van der Waals surface area contributed by atoms with Gasteiger partial charge in [0.15, 0.2) is 0 Å². The van der Waals surface area contributed by atoms with E-state index in [9.17, 15) is 13.5 Å². The Hall–Kier alpha value is 0.0500. The zero-order valence-electron chi connectivity index (χ0n) is 11.4. The number of rotatable bonds is 4. The van der Waals surface area contributed by atoms with Crippen molar-refractivity contribution in [3.8, 4) is 0 Å². The Balaban J connectivity index is 2.28. The van der Waals surface area contributed by atoms with Crippen LogP contribution in [0.15, 0.2) is 26.0 Å². The van der Waals surface area contributed by atoms with Crippen molar-refractivity contribution in [3.05, 3.63) is 26.6 Å². The van der Waals surface area contributed by atoms with Crippen molar-refractivity contribution in [2.75, 3.05) is 13.1 Å². The second kappa shape index (κ2) is 5.68. The summed E-state index contributed by atoms with van der Waals surface area (Å²) in [5.74, 6) is 0. The van der Waals surface area contributed by atoms with Crippen molar-refractivity contribution in [2.24, 2.45) is 0 Å². The van der Waals surface area contributed by atoms with Crippen LogP contribution in [0, 0.1) is 6.92 Å². The topological polar surface area (TPSA) is 57.6 Å². The zero-order chi connectivity index (χ0) is 15.1. The first-order valence-electron chi connectivity index (χ1n) is 6.38. The monoisotopic (exact) mass is 425 g/mol. The summed E-state index contributed by atoms with van der Waals surface area (Å²) in [6.07, 6.45) is 1.46. The van der Waals surface area contributed by atoms with Gasteiger partial charge in [0.2, 0.25) is 10.0 Å². The molecule has 112 valence electrons. The Morgan fingerprint density at radius 3 is 2.45 bits per heavy atom. The van der Waals surface area contributed by atoms with E-state index in [1.54, 1.807) is 12.1 Å². The quantitative estimate of drug-likeness (QED) is 0.804. The standard InChI is InChI=1S/C13H17Br2NO3S/c1-3-4-13(17)7-16(8-13)20(18,19)12-6-10(14)9(2)5-11(12)15/h5-6,17H,3-4,7-8H2,1-2H3. The Morgan fingerprint density at radius 1 is 1.30 bits per heavy atom. The Morgan fingerprint density at radius 2 is 1.90 bits per heavy atom. The van der Waals surface area contributed by atoms with Gasteiger partial charge in [-0.3, -0.25) is 0 Å². The number of β-amino-alcohol motifs (C(OH)–C–C–N with tert-alkyl or cyclic N) is 1. The molecule has 1 fully saturated rings. The molecular formula is C13H17Br2NO3S. The Kier molecular flexibility index (Phi) is 4.67. The molecule has 1 aromatic rings. The number of nitrogens with zero attached hydrogens (tertiary/aromatic N) is 1. The molecule has 4 nitrogen and oxygen atoms in total. The lowest BCUT2D eigenvalue weighted by Gasteiger charge is -2.45. The minimum Gasteiger partial charge on any atom is -0.387 e. The van der Waals surface area contributed by atoms with E-state index < -0.39 is 15.6 Å². The Bertz CT molecular complexity index is 625. The van der Waals surface area contributed by atoms with Gasteiger partial charge in [0.1, 0.15) is 0 Å². The number of sulfonamides is 1. The van der Waals surface area contributed by atoms with Crippen LogP contribution in [0.4, 0.5) is 0 Å². The van der Waals surface area contributed by atoms with Crippen molar-refractivity contribution in [1.82, 2.24) is 4.31 Å². The largest absolute Gasteiger partial charge is 0.387 e. The maximum atomic E-state index is 12.6. The molecule has 0 bridgehead atoms. The summed E-state index contributed by atoms with van der Waals surface area (Å²) in [5, 5.41) is 10.1. The smallest absolute Gasteiger partial charge is 0.244 e. The lowest BCUT2D eigenvalue weighted by molar-refractivity contribution is -0.0653. The fourth-order valence-corrected chi connectivity index (χ4v) is 5.61. The first-order chi connectivity index (χ1) is 9.19. The van der Waals surface area contributed by atoms with Gasteiger partial charge in [-0.25, -0.2) is 8.42 Å². The molecule has 0 atom stereocenters. The van der Waals surface area contributed by atoms with Gasteiger partial charge in [-0.05, 0) is 47.0 Å². The van der Waals surface area contributed by atoms with Crippen LogP contribution in [0.3, 0.4) is 0 Å². The number of halogens is 2. The van der Waals surface area contributed by atoms with Crippen molar-refractivity contribution >= 4 is 41.9 Å². The second-order valence-corrected chi connectivity index (χ2v) is 8.89. The van der Waals surface area contributed by atoms with E-state index in [2.05, 4.69) is 31.9 Å². The summed E-state index contributed by atoms with van der Waals surface area (Å²) in [7, 11) is -3.57. The summed E-state index contributed by atoms with van der Waals surface area (Å²) < 4.78 is 27.7. The average Bonchev–Trinajstić information content (AvgIpc) is 2.30. The molecule has 0 aliphatic carbocycles. The third-order valence-corrected chi connectivity index (χ3v) is 7.09. The molecule has 1 saturated heterocycles. The predicted octanol–water partition coefficient (Wildman–Crippen LogP) is 3.06.